The largest absolute Gasteiger partial charge is 0.479 e. The van der Waals surface area contributed by atoms with E-state index in [4.69, 9.17) is 10.00 Å². The Morgan fingerprint density at radius 1 is 1.37 bits per heavy atom. The lowest BCUT2D eigenvalue weighted by Gasteiger charge is -2.25. The fourth-order valence-electron chi connectivity index (χ4n) is 1.57. The van der Waals surface area contributed by atoms with E-state index in [9.17, 15) is 5.11 Å². The third-order valence-corrected chi connectivity index (χ3v) is 3.00. The maximum Gasteiger partial charge on any atom is 0.174 e. The van der Waals surface area contributed by atoms with Gasteiger partial charge in [0.1, 0.15) is 11.8 Å². The molecule has 0 aliphatic rings. The van der Waals surface area contributed by atoms with Crippen LogP contribution in [0.25, 0.3) is 0 Å². The molecule has 0 aliphatic heterocycles. The number of hydrogen-bond donors (Lipinski definition) is 2. The molecule has 1 aromatic rings. The zero-order valence-electron chi connectivity index (χ0n) is 11.8. The van der Waals surface area contributed by atoms with Crippen molar-refractivity contribution in [3.8, 4) is 11.8 Å². The summed E-state index contributed by atoms with van der Waals surface area (Å²) in [6.07, 6.45) is 0. The van der Waals surface area contributed by atoms with Gasteiger partial charge < -0.3 is 15.2 Å². The summed E-state index contributed by atoms with van der Waals surface area (Å²) in [6, 6.07) is 9.83. The average Bonchev–Trinajstić information content (AvgIpc) is 2.43. The van der Waals surface area contributed by atoms with E-state index >= 15 is 0 Å². The van der Waals surface area contributed by atoms with E-state index in [1.165, 1.54) is 0 Å². The number of nitriles is 1. The van der Waals surface area contributed by atoms with Crippen molar-refractivity contribution in [2.45, 2.75) is 26.8 Å². The molecule has 0 aliphatic carbocycles. The molecule has 0 bridgehead atoms. The normalized spacial score (nSPS) is 12.8. The fraction of sp³-hybridized carbons (Fsp3) is 0.533. The number of rotatable bonds is 7. The molecule has 4 heteroatoms. The van der Waals surface area contributed by atoms with Gasteiger partial charge >= 0.3 is 0 Å². The lowest BCUT2D eigenvalue weighted by Crippen LogP contribution is -2.33. The number of aliphatic hydroxyl groups excluding tert-OH is 1. The quantitative estimate of drug-likeness (QED) is 0.791. The van der Waals surface area contributed by atoms with Crippen LogP contribution in [-0.4, -0.2) is 24.9 Å². The zero-order chi connectivity index (χ0) is 14.3. The van der Waals surface area contributed by atoms with Gasteiger partial charge in [-0.1, -0.05) is 26.0 Å². The fourth-order valence-corrected chi connectivity index (χ4v) is 1.57. The number of hydrogen-bond acceptors (Lipinski definition) is 4. The second-order valence-electron chi connectivity index (χ2n) is 5.44. The van der Waals surface area contributed by atoms with Crippen LogP contribution in [0.3, 0.4) is 0 Å². The first-order valence-corrected chi connectivity index (χ1v) is 6.42. The van der Waals surface area contributed by atoms with Gasteiger partial charge in [-0.2, -0.15) is 5.26 Å². The summed E-state index contributed by atoms with van der Waals surface area (Å²) in [4.78, 5) is 0. The molecule has 0 fully saturated rings. The third-order valence-electron chi connectivity index (χ3n) is 3.00. The number of ether oxygens (including phenoxy) is 1. The van der Waals surface area contributed by atoms with Crippen LogP contribution in [0.15, 0.2) is 24.3 Å². The minimum absolute atomic E-state index is 0.0673. The smallest absolute Gasteiger partial charge is 0.174 e. The predicted octanol–water partition coefficient (Wildman–Crippen LogP) is 2.26. The summed E-state index contributed by atoms with van der Waals surface area (Å²) in [5, 5.41) is 21.0. The van der Waals surface area contributed by atoms with Crippen LogP contribution in [0, 0.1) is 16.7 Å². The molecule has 104 valence electrons. The topological polar surface area (TPSA) is 65.3 Å². The second kappa shape index (κ2) is 7.13. The standard InChI is InChI=1S/C15H22N2O2/c1-12(17-10-15(2,3)11-18)13-4-6-14(7-5-13)19-9-8-16/h4-7,12,17-18H,9-11H2,1-3H3. The Morgan fingerprint density at radius 3 is 2.53 bits per heavy atom. The molecule has 1 rings (SSSR count). The molecule has 19 heavy (non-hydrogen) atoms. The summed E-state index contributed by atoms with van der Waals surface area (Å²) in [5.74, 6) is 0.702. The van der Waals surface area contributed by atoms with Crippen LogP contribution in [0.4, 0.5) is 0 Å². The van der Waals surface area contributed by atoms with Crippen LogP contribution in [-0.2, 0) is 0 Å². The lowest BCUT2D eigenvalue weighted by molar-refractivity contribution is 0.154. The molecular weight excluding hydrogens is 240 g/mol. The van der Waals surface area contributed by atoms with E-state index < -0.39 is 0 Å². The SMILES string of the molecule is CC(NCC(C)(C)CO)c1ccc(OCC#N)cc1. The van der Waals surface area contributed by atoms with Gasteiger partial charge in [0, 0.05) is 24.6 Å². The molecule has 4 nitrogen and oxygen atoms in total. The summed E-state index contributed by atoms with van der Waals surface area (Å²) in [6.45, 7) is 7.10. The molecule has 0 spiro atoms. The summed E-state index contributed by atoms with van der Waals surface area (Å²) >= 11 is 0. The molecule has 0 saturated heterocycles. The third kappa shape index (κ3) is 5.29. The summed E-state index contributed by atoms with van der Waals surface area (Å²) < 4.78 is 5.21. The first-order valence-electron chi connectivity index (χ1n) is 6.42. The van der Waals surface area contributed by atoms with Gasteiger partial charge in [-0.25, -0.2) is 0 Å². The van der Waals surface area contributed by atoms with Gasteiger partial charge in [-0.3, -0.25) is 0 Å². The highest BCUT2D eigenvalue weighted by atomic mass is 16.5. The lowest BCUT2D eigenvalue weighted by atomic mass is 9.94. The van der Waals surface area contributed by atoms with Crippen LogP contribution in [0.5, 0.6) is 5.75 Å². The van der Waals surface area contributed by atoms with E-state index in [-0.39, 0.29) is 24.7 Å². The van der Waals surface area contributed by atoms with Crippen molar-refractivity contribution in [3.05, 3.63) is 29.8 Å². The van der Waals surface area contributed by atoms with Gasteiger partial charge in [-0.15, -0.1) is 0 Å². The van der Waals surface area contributed by atoms with E-state index in [1.54, 1.807) is 0 Å². The van der Waals surface area contributed by atoms with E-state index in [1.807, 2.05) is 44.2 Å². The second-order valence-corrected chi connectivity index (χ2v) is 5.44. The molecule has 0 aromatic heterocycles. The summed E-state index contributed by atoms with van der Waals surface area (Å²) in [7, 11) is 0. The predicted molar refractivity (Wildman–Crippen MR) is 74.8 cm³/mol. The Bertz CT molecular complexity index is 421. The Balaban J connectivity index is 2.53. The first kappa shape index (κ1) is 15.5. The molecule has 1 atom stereocenters. The highest BCUT2D eigenvalue weighted by Gasteiger charge is 2.17. The van der Waals surface area contributed by atoms with Crippen molar-refractivity contribution in [1.29, 1.82) is 5.26 Å². The Morgan fingerprint density at radius 2 is 2.00 bits per heavy atom. The van der Waals surface area contributed by atoms with Gasteiger partial charge in [0.2, 0.25) is 0 Å². The van der Waals surface area contributed by atoms with Gasteiger partial charge in [0.15, 0.2) is 6.61 Å². The number of benzene rings is 1. The minimum Gasteiger partial charge on any atom is -0.479 e. The van der Waals surface area contributed by atoms with Crippen molar-refractivity contribution >= 4 is 0 Å². The van der Waals surface area contributed by atoms with Crippen LogP contribution in [0.1, 0.15) is 32.4 Å². The minimum atomic E-state index is -0.121. The Hall–Kier alpha value is -1.57. The van der Waals surface area contributed by atoms with Crippen molar-refractivity contribution in [1.82, 2.24) is 5.32 Å². The monoisotopic (exact) mass is 262 g/mol. The average molecular weight is 262 g/mol. The highest BCUT2D eigenvalue weighted by Crippen LogP contribution is 2.19. The van der Waals surface area contributed by atoms with Crippen molar-refractivity contribution in [2.24, 2.45) is 5.41 Å². The number of nitrogens with one attached hydrogen (secondary N) is 1. The molecule has 2 N–H and O–H groups in total. The highest BCUT2D eigenvalue weighted by molar-refractivity contribution is 5.29. The Kier molecular flexibility index (Phi) is 5.81. The number of aliphatic hydroxyl groups is 1. The van der Waals surface area contributed by atoms with Crippen LogP contribution >= 0.6 is 0 Å². The molecule has 1 unspecified atom stereocenters. The maximum absolute atomic E-state index is 9.21. The van der Waals surface area contributed by atoms with Crippen LogP contribution < -0.4 is 10.1 Å². The van der Waals surface area contributed by atoms with Gasteiger partial charge in [-0.05, 0) is 24.6 Å². The van der Waals surface area contributed by atoms with Crippen molar-refractivity contribution < 1.29 is 9.84 Å². The van der Waals surface area contributed by atoms with Gasteiger partial charge in [0.05, 0.1) is 0 Å². The van der Waals surface area contributed by atoms with E-state index in [0.717, 1.165) is 12.1 Å². The first-order chi connectivity index (χ1) is 8.98. The maximum atomic E-state index is 9.21. The molecular formula is C15H22N2O2. The van der Waals surface area contributed by atoms with Crippen LogP contribution in [0.2, 0.25) is 0 Å². The molecule has 0 radical (unpaired) electrons. The molecule has 0 amide bonds. The zero-order valence-corrected chi connectivity index (χ0v) is 11.8. The summed E-state index contributed by atoms with van der Waals surface area (Å²) in [5.41, 5.74) is 1.03. The molecule has 0 heterocycles. The molecule has 1 aromatic carbocycles. The van der Waals surface area contributed by atoms with E-state index in [2.05, 4.69) is 12.2 Å². The van der Waals surface area contributed by atoms with Crippen molar-refractivity contribution in [2.75, 3.05) is 19.8 Å². The van der Waals surface area contributed by atoms with Crippen molar-refractivity contribution in [3.63, 3.8) is 0 Å². The van der Waals surface area contributed by atoms with Gasteiger partial charge in [0.25, 0.3) is 0 Å². The Labute approximate surface area is 115 Å². The molecule has 0 saturated carbocycles. The number of nitrogens with zero attached hydrogens (tertiary/aromatic N) is 1. The van der Waals surface area contributed by atoms with E-state index in [0.29, 0.717) is 5.75 Å².